The molecule has 1 unspecified atom stereocenters. The molecule has 1 aliphatic heterocycles. The Bertz CT molecular complexity index is 462. The van der Waals surface area contributed by atoms with Crippen LogP contribution in [-0.2, 0) is 0 Å². The fourth-order valence-corrected chi connectivity index (χ4v) is 1.89. The maximum atomic E-state index is 8.99. The second kappa shape index (κ2) is 4.35. The average Bonchev–Trinajstić information content (AvgIpc) is 2.33. The molecular formula is C12H13N3O. The summed E-state index contributed by atoms with van der Waals surface area (Å²) in [5.41, 5.74) is 8.39. The Morgan fingerprint density at radius 1 is 1.44 bits per heavy atom. The summed E-state index contributed by atoms with van der Waals surface area (Å²) in [6.07, 6.45) is 1.71. The SMILES string of the molecule is N#CC1=CN(CCO)c2ccccc2C1N. The van der Waals surface area contributed by atoms with Gasteiger partial charge in [-0.15, -0.1) is 0 Å². The van der Waals surface area contributed by atoms with E-state index in [1.165, 1.54) is 0 Å². The largest absolute Gasteiger partial charge is 0.395 e. The van der Waals surface area contributed by atoms with Crippen molar-refractivity contribution >= 4 is 5.69 Å². The standard InChI is InChI=1S/C12H13N3O/c13-7-9-8-15(5-6-16)11-4-2-1-3-10(11)12(9)14/h1-4,8,12,16H,5-6,14H2. The van der Waals surface area contributed by atoms with Gasteiger partial charge in [-0.2, -0.15) is 5.26 Å². The molecule has 0 aliphatic carbocycles. The Morgan fingerprint density at radius 3 is 2.88 bits per heavy atom. The lowest BCUT2D eigenvalue weighted by Crippen LogP contribution is -2.29. The summed E-state index contributed by atoms with van der Waals surface area (Å²) in [7, 11) is 0. The highest BCUT2D eigenvalue weighted by molar-refractivity contribution is 5.63. The molecule has 0 amide bonds. The van der Waals surface area contributed by atoms with Crippen molar-refractivity contribution in [1.29, 1.82) is 5.26 Å². The average molecular weight is 215 g/mol. The molecular weight excluding hydrogens is 202 g/mol. The van der Waals surface area contributed by atoms with E-state index in [9.17, 15) is 0 Å². The number of aliphatic hydroxyl groups is 1. The summed E-state index contributed by atoms with van der Waals surface area (Å²) in [4.78, 5) is 1.86. The molecule has 0 saturated carbocycles. The van der Waals surface area contributed by atoms with Crippen molar-refractivity contribution < 1.29 is 5.11 Å². The van der Waals surface area contributed by atoms with Gasteiger partial charge in [-0.25, -0.2) is 0 Å². The molecule has 4 nitrogen and oxygen atoms in total. The number of nitrogens with two attached hydrogens (primary N) is 1. The van der Waals surface area contributed by atoms with E-state index in [0.29, 0.717) is 12.1 Å². The molecule has 2 rings (SSSR count). The van der Waals surface area contributed by atoms with Gasteiger partial charge in [0, 0.05) is 18.4 Å². The second-order valence-electron chi connectivity index (χ2n) is 3.65. The number of β-amino-alcohol motifs (C(OH)–C–C–N with tert-alkyl or cyclic N) is 1. The van der Waals surface area contributed by atoms with Crippen molar-refractivity contribution in [2.45, 2.75) is 6.04 Å². The number of para-hydroxylation sites is 1. The second-order valence-corrected chi connectivity index (χ2v) is 3.65. The van der Waals surface area contributed by atoms with E-state index in [0.717, 1.165) is 11.3 Å². The summed E-state index contributed by atoms with van der Waals surface area (Å²) in [5, 5.41) is 18.0. The van der Waals surface area contributed by atoms with Gasteiger partial charge in [-0.1, -0.05) is 18.2 Å². The minimum Gasteiger partial charge on any atom is -0.395 e. The van der Waals surface area contributed by atoms with Gasteiger partial charge in [0.1, 0.15) is 0 Å². The van der Waals surface area contributed by atoms with E-state index in [-0.39, 0.29) is 12.6 Å². The van der Waals surface area contributed by atoms with Gasteiger partial charge in [0.05, 0.1) is 24.3 Å². The number of anilines is 1. The highest BCUT2D eigenvalue weighted by Gasteiger charge is 2.23. The molecule has 3 N–H and O–H groups in total. The molecule has 0 aromatic heterocycles. The van der Waals surface area contributed by atoms with Crippen LogP contribution in [-0.4, -0.2) is 18.3 Å². The van der Waals surface area contributed by atoms with Gasteiger partial charge in [-0.05, 0) is 11.6 Å². The maximum Gasteiger partial charge on any atom is 0.0982 e. The number of rotatable bonds is 2. The third kappa shape index (κ3) is 1.67. The smallest absolute Gasteiger partial charge is 0.0982 e. The van der Waals surface area contributed by atoms with Gasteiger partial charge in [0.2, 0.25) is 0 Å². The quantitative estimate of drug-likeness (QED) is 0.769. The van der Waals surface area contributed by atoms with Crippen LogP contribution in [0.2, 0.25) is 0 Å². The van der Waals surface area contributed by atoms with Gasteiger partial charge in [-0.3, -0.25) is 0 Å². The van der Waals surface area contributed by atoms with Gasteiger partial charge in [0.15, 0.2) is 0 Å². The molecule has 1 aromatic carbocycles. The normalized spacial score (nSPS) is 18.7. The Morgan fingerprint density at radius 2 is 2.19 bits per heavy atom. The molecule has 0 radical (unpaired) electrons. The summed E-state index contributed by atoms with van der Waals surface area (Å²) < 4.78 is 0. The van der Waals surface area contributed by atoms with Crippen molar-refractivity contribution in [2.24, 2.45) is 5.73 Å². The Kier molecular flexibility index (Phi) is 2.91. The summed E-state index contributed by atoms with van der Waals surface area (Å²) in [6, 6.07) is 9.40. The van der Waals surface area contributed by atoms with Crippen LogP contribution in [0.3, 0.4) is 0 Å². The zero-order chi connectivity index (χ0) is 11.5. The maximum absolute atomic E-state index is 8.99. The summed E-state index contributed by atoms with van der Waals surface area (Å²) in [6.45, 7) is 0.508. The zero-order valence-electron chi connectivity index (χ0n) is 8.80. The molecule has 1 aromatic rings. The van der Waals surface area contributed by atoms with E-state index in [1.807, 2.05) is 29.2 Å². The van der Waals surface area contributed by atoms with Gasteiger partial charge >= 0.3 is 0 Å². The molecule has 1 aliphatic rings. The first-order chi connectivity index (χ1) is 7.77. The first-order valence-electron chi connectivity index (χ1n) is 5.11. The van der Waals surface area contributed by atoms with Crippen LogP contribution in [0.25, 0.3) is 0 Å². The van der Waals surface area contributed by atoms with E-state index in [4.69, 9.17) is 16.1 Å². The van der Waals surface area contributed by atoms with E-state index < -0.39 is 0 Å². The van der Waals surface area contributed by atoms with Crippen LogP contribution in [0.1, 0.15) is 11.6 Å². The lowest BCUT2D eigenvalue weighted by molar-refractivity contribution is 0.305. The number of hydrogen-bond acceptors (Lipinski definition) is 4. The van der Waals surface area contributed by atoms with Crippen LogP contribution < -0.4 is 10.6 Å². The number of hydrogen-bond donors (Lipinski definition) is 2. The molecule has 0 spiro atoms. The number of aliphatic hydroxyl groups excluding tert-OH is 1. The summed E-state index contributed by atoms with van der Waals surface area (Å²) in [5.74, 6) is 0. The van der Waals surface area contributed by atoms with Crippen molar-refractivity contribution in [3.63, 3.8) is 0 Å². The molecule has 1 heterocycles. The molecule has 0 bridgehead atoms. The molecule has 1 atom stereocenters. The van der Waals surface area contributed by atoms with Gasteiger partial charge < -0.3 is 15.7 Å². The summed E-state index contributed by atoms with van der Waals surface area (Å²) >= 11 is 0. The molecule has 16 heavy (non-hydrogen) atoms. The van der Waals surface area contributed by atoms with Gasteiger partial charge in [0.25, 0.3) is 0 Å². The third-order valence-electron chi connectivity index (χ3n) is 2.68. The zero-order valence-corrected chi connectivity index (χ0v) is 8.80. The minimum absolute atomic E-state index is 0.0405. The third-order valence-corrected chi connectivity index (χ3v) is 2.68. The predicted octanol–water partition coefficient (Wildman–Crippen LogP) is 0.906. The van der Waals surface area contributed by atoms with Crippen LogP contribution >= 0.6 is 0 Å². The molecule has 0 saturated heterocycles. The first kappa shape index (κ1) is 10.7. The minimum atomic E-state index is -0.365. The van der Waals surface area contributed by atoms with Crippen LogP contribution in [0, 0.1) is 11.3 Å². The number of fused-ring (bicyclic) bond motifs is 1. The Labute approximate surface area is 94.2 Å². The van der Waals surface area contributed by atoms with E-state index in [2.05, 4.69) is 6.07 Å². The molecule has 4 heteroatoms. The number of nitriles is 1. The van der Waals surface area contributed by atoms with Crippen molar-refractivity contribution in [1.82, 2.24) is 0 Å². The first-order valence-corrected chi connectivity index (χ1v) is 5.11. The predicted molar refractivity (Wildman–Crippen MR) is 61.5 cm³/mol. The lowest BCUT2D eigenvalue weighted by Gasteiger charge is -2.30. The van der Waals surface area contributed by atoms with Crippen molar-refractivity contribution in [3.8, 4) is 6.07 Å². The monoisotopic (exact) mass is 215 g/mol. The van der Waals surface area contributed by atoms with Crippen LogP contribution in [0.15, 0.2) is 36.0 Å². The highest BCUT2D eigenvalue weighted by atomic mass is 16.3. The Balaban J connectivity index is 2.47. The molecule has 82 valence electrons. The van der Waals surface area contributed by atoms with E-state index >= 15 is 0 Å². The van der Waals surface area contributed by atoms with Crippen molar-refractivity contribution in [3.05, 3.63) is 41.6 Å². The van der Waals surface area contributed by atoms with Crippen LogP contribution in [0.4, 0.5) is 5.69 Å². The lowest BCUT2D eigenvalue weighted by atomic mass is 9.95. The number of benzene rings is 1. The fraction of sp³-hybridized carbons (Fsp3) is 0.250. The fourth-order valence-electron chi connectivity index (χ4n) is 1.89. The number of nitrogens with zero attached hydrogens (tertiary/aromatic N) is 2. The topological polar surface area (TPSA) is 73.3 Å². The van der Waals surface area contributed by atoms with Crippen LogP contribution in [0.5, 0.6) is 0 Å². The highest BCUT2D eigenvalue weighted by Crippen LogP contribution is 2.33. The molecule has 0 fully saturated rings. The Hall–Kier alpha value is -1.83. The van der Waals surface area contributed by atoms with Crippen molar-refractivity contribution in [2.75, 3.05) is 18.1 Å². The van der Waals surface area contributed by atoms with E-state index in [1.54, 1.807) is 6.20 Å².